The van der Waals surface area contributed by atoms with Gasteiger partial charge in [0.05, 0.1) is 11.6 Å². The molecule has 1 aromatic carbocycles. The predicted molar refractivity (Wildman–Crippen MR) is 86.3 cm³/mol. The van der Waals surface area contributed by atoms with Gasteiger partial charge in [0.25, 0.3) is 0 Å². The van der Waals surface area contributed by atoms with Gasteiger partial charge >= 0.3 is 12.2 Å². The van der Waals surface area contributed by atoms with Crippen LogP contribution in [0.4, 0.5) is 18.0 Å². The van der Waals surface area contributed by atoms with E-state index in [0.29, 0.717) is 0 Å². The minimum atomic E-state index is -4.53. The quantitative estimate of drug-likeness (QED) is 0.719. The summed E-state index contributed by atoms with van der Waals surface area (Å²) in [5.41, 5.74) is -2.40. The highest BCUT2D eigenvalue weighted by Crippen LogP contribution is 2.42. The smallest absolute Gasteiger partial charge is 0.416 e. The Morgan fingerprint density at radius 1 is 1.24 bits per heavy atom. The standard InChI is InChI=1S/C17H23F3N2O3/c1-15(2,3)22-14(24)21-13-12(23)10-8-9(17(18,19)20)6-7-11(10)25-16(13,4)5/h6-8,12-13,23H,1-5H3,(H2,21,22,24)/t12?,13-/m1/s1. The number of amides is 2. The van der Waals surface area contributed by atoms with Gasteiger partial charge in [-0.2, -0.15) is 13.2 Å². The fraction of sp³-hybridized carbons (Fsp3) is 0.588. The molecular formula is C17H23F3N2O3. The maximum Gasteiger partial charge on any atom is 0.416 e. The number of hydrogen-bond acceptors (Lipinski definition) is 3. The van der Waals surface area contributed by atoms with Gasteiger partial charge < -0.3 is 20.5 Å². The first-order chi connectivity index (χ1) is 11.2. The van der Waals surface area contributed by atoms with Crippen LogP contribution in [-0.4, -0.2) is 28.3 Å². The molecule has 0 aromatic heterocycles. The lowest BCUT2D eigenvalue weighted by molar-refractivity contribution is -0.137. The lowest BCUT2D eigenvalue weighted by Crippen LogP contribution is -2.61. The van der Waals surface area contributed by atoms with Gasteiger partial charge in [0.15, 0.2) is 0 Å². The van der Waals surface area contributed by atoms with Crippen LogP contribution in [0.5, 0.6) is 5.75 Å². The van der Waals surface area contributed by atoms with E-state index in [1.807, 2.05) is 0 Å². The SMILES string of the molecule is CC(C)(C)NC(=O)N[C@@H]1C(O)c2cc(C(F)(F)F)ccc2OC1(C)C. The normalized spacial score (nSPS) is 22.6. The lowest BCUT2D eigenvalue weighted by atomic mass is 9.85. The molecule has 2 rings (SSSR count). The lowest BCUT2D eigenvalue weighted by Gasteiger charge is -2.43. The molecule has 1 unspecified atom stereocenters. The van der Waals surface area contributed by atoms with Crippen molar-refractivity contribution >= 4 is 6.03 Å². The summed E-state index contributed by atoms with van der Waals surface area (Å²) in [7, 11) is 0. The molecule has 1 heterocycles. The van der Waals surface area contributed by atoms with Gasteiger partial charge in [0.2, 0.25) is 0 Å². The van der Waals surface area contributed by atoms with Gasteiger partial charge in [-0.15, -0.1) is 0 Å². The van der Waals surface area contributed by atoms with Gasteiger partial charge in [-0.1, -0.05) is 0 Å². The van der Waals surface area contributed by atoms with Crippen LogP contribution >= 0.6 is 0 Å². The molecule has 140 valence electrons. The number of alkyl halides is 3. The number of rotatable bonds is 1. The largest absolute Gasteiger partial charge is 0.485 e. The number of hydrogen-bond donors (Lipinski definition) is 3. The molecule has 0 fully saturated rings. The highest BCUT2D eigenvalue weighted by Gasteiger charge is 2.45. The van der Waals surface area contributed by atoms with Gasteiger partial charge in [0, 0.05) is 11.1 Å². The molecule has 25 heavy (non-hydrogen) atoms. The number of nitrogens with one attached hydrogen (secondary N) is 2. The first kappa shape index (κ1) is 19.4. The van der Waals surface area contributed by atoms with Crippen molar-refractivity contribution in [2.45, 2.75) is 64.1 Å². The summed E-state index contributed by atoms with van der Waals surface area (Å²) in [4.78, 5) is 12.1. The number of ether oxygens (including phenoxy) is 1. The zero-order valence-electron chi connectivity index (χ0n) is 14.8. The average molecular weight is 360 g/mol. The second-order valence-electron chi connectivity index (χ2n) is 7.73. The fourth-order valence-electron chi connectivity index (χ4n) is 2.73. The van der Waals surface area contributed by atoms with Gasteiger partial charge in [-0.05, 0) is 52.8 Å². The van der Waals surface area contributed by atoms with E-state index in [9.17, 15) is 23.1 Å². The minimum Gasteiger partial charge on any atom is -0.485 e. The number of urea groups is 1. The predicted octanol–water partition coefficient (Wildman–Crippen LogP) is 3.38. The number of aliphatic hydroxyl groups is 1. The van der Waals surface area contributed by atoms with Gasteiger partial charge in [0.1, 0.15) is 17.5 Å². The third kappa shape index (κ3) is 4.36. The third-order valence-corrected chi connectivity index (χ3v) is 3.87. The molecule has 3 N–H and O–H groups in total. The van der Waals surface area contributed by atoms with Gasteiger partial charge in [-0.25, -0.2) is 4.79 Å². The average Bonchev–Trinajstić information content (AvgIpc) is 2.39. The Morgan fingerprint density at radius 3 is 2.36 bits per heavy atom. The van der Waals surface area contributed by atoms with E-state index in [2.05, 4.69) is 10.6 Å². The Kier molecular flexibility index (Phi) is 4.71. The maximum absolute atomic E-state index is 12.9. The molecule has 1 aromatic rings. The molecule has 0 saturated carbocycles. The number of fused-ring (bicyclic) bond motifs is 1. The maximum atomic E-state index is 12.9. The third-order valence-electron chi connectivity index (χ3n) is 3.87. The van der Waals surface area contributed by atoms with Crippen LogP contribution < -0.4 is 15.4 Å². The first-order valence-electron chi connectivity index (χ1n) is 7.87. The van der Waals surface area contributed by atoms with E-state index >= 15 is 0 Å². The Bertz CT molecular complexity index is 666. The number of halogens is 3. The van der Waals surface area contributed by atoms with Crippen molar-refractivity contribution in [1.82, 2.24) is 10.6 Å². The molecule has 0 radical (unpaired) electrons. The van der Waals surface area contributed by atoms with Crippen molar-refractivity contribution in [3.05, 3.63) is 29.3 Å². The van der Waals surface area contributed by atoms with Crippen molar-refractivity contribution in [2.24, 2.45) is 0 Å². The Hall–Kier alpha value is -1.96. The van der Waals surface area contributed by atoms with Crippen molar-refractivity contribution in [3.8, 4) is 5.75 Å². The van der Waals surface area contributed by atoms with Crippen molar-refractivity contribution < 1.29 is 27.8 Å². The molecule has 1 aliphatic rings. The molecule has 1 aliphatic heterocycles. The highest BCUT2D eigenvalue weighted by molar-refractivity contribution is 5.75. The first-order valence-corrected chi connectivity index (χ1v) is 7.87. The van der Waals surface area contributed by atoms with Crippen LogP contribution in [0.25, 0.3) is 0 Å². The molecule has 8 heteroatoms. The number of carbonyl (C=O) groups excluding carboxylic acids is 1. The Morgan fingerprint density at radius 2 is 1.84 bits per heavy atom. The zero-order chi connectivity index (χ0) is 19.2. The highest BCUT2D eigenvalue weighted by atomic mass is 19.4. The van der Waals surface area contributed by atoms with E-state index in [0.717, 1.165) is 12.1 Å². The molecule has 0 bridgehead atoms. The van der Waals surface area contributed by atoms with Crippen LogP contribution in [0.1, 0.15) is 51.8 Å². The molecule has 2 amide bonds. The number of carbonyl (C=O) groups is 1. The summed E-state index contributed by atoms with van der Waals surface area (Å²) in [6, 6.07) is 1.48. The van der Waals surface area contributed by atoms with Gasteiger partial charge in [-0.3, -0.25) is 0 Å². The Balaban J connectivity index is 2.33. The van der Waals surface area contributed by atoms with E-state index < -0.39 is 41.1 Å². The summed E-state index contributed by atoms with van der Waals surface area (Å²) in [6.45, 7) is 8.67. The van der Waals surface area contributed by atoms with Crippen molar-refractivity contribution in [1.29, 1.82) is 0 Å². The summed E-state index contributed by atoms with van der Waals surface area (Å²) in [6.07, 6.45) is -5.87. The van der Waals surface area contributed by atoms with Crippen LogP contribution in [-0.2, 0) is 6.18 Å². The van der Waals surface area contributed by atoms with Crippen LogP contribution in [0, 0.1) is 0 Å². The summed E-state index contributed by atoms with van der Waals surface area (Å²) < 4.78 is 44.5. The molecule has 0 spiro atoms. The second kappa shape index (κ2) is 6.09. The summed E-state index contributed by atoms with van der Waals surface area (Å²) in [5.74, 6) is 0.166. The van der Waals surface area contributed by atoms with E-state index in [1.165, 1.54) is 6.07 Å². The van der Waals surface area contributed by atoms with Crippen molar-refractivity contribution in [3.63, 3.8) is 0 Å². The molecule has 0 saturated heterocycles. The minimum absolute atomic E-state index is 0.00444. The molecular weight excluding hydrogens is 337 g/mol. The number of aliphatic hydroxyl groups excluding tert-OH is 1. The van der Waals surface area contributed by atoms with Crippen LogP contribution in [0.15, 0.2) is 18.2 Å². The molecule has 5 nitrogen and oxygen atoms in total. The van der Waals surface area contributed by atoms with Crippen molar-refractivity contribution in [2.75, 3.05) is 0 Å². The second-order valence-corrected chi connectivity index (χ2v) is 7.73. The van der Waals surface area contributed by atoms with Crippen LogP contribution in [0.2, 0.25) is 0 Å². The fourth-order valence-corrected chi connectivity index (χ4v) is 2.73. The Labute approximate surface area is 144 Å². The summed E-state index contributed by atoms with van der Waals surface area (Å²) >= 11 is 0. The van der Waals surface area contributed by atoms with Crippen LogP contribution in [0.3, 0.4) is 0 Å². The topological polar surface area (TPSA) is 70.6 Å². The summed E-state index contributed by atoms with van der Waals surface area (Å²) in [5, 5.41) is 15.9. The van der Waals surface area contributed by atoms with E-state index in [-0.39, 0.29) is 11.3 Å². The zero-order valence-corrected chi connectivity index (χ0v) is 14.8. The molecule has 0 aliphatic carbocycles. The monoisotopic (exact) mass is 360 g/mol. The molecule has 2 atom stereocenters. The van der Waals surface area contributed by atoms with E-state index in [1.54, 1.807) is 34.6 Å². The number of benzene rings is 1. The van der Waals surface area contributed by atoms with E-state index in [4.69, 9.17) is 4.74 Å².